The van der Waals surface area contributed by atoms with Gasteiger partial charge in [0.2, 0.25) is 5.91 Å². The Hall–Kier alpha value is -2.85. The van der Waals surface area contributed by atoms with E-state index in [0.29, 0.717) is 44.9 Å². The zero-order chi connectivity index (χ0) is 24.3. The minimum atomic E-state index is -0.520. The van der Waals surface area contributed by atoms with Gasteiger partial charge in [0, 0.05) is 44.2 Å². The van der Waals surface area contributed by atoms with Gasteiger partial charge in [0.05, 0.1) is 11.6 Å². The predicted octanol–water partition coefficient (Wildman–Crippen LogP) is 3.43. The van der Waals surface area contributed by atoms with Crippen molar-refractivity contribution in [2.24, 2.45) is 0 Å². The standard InChI is InChI=1S/C23H31ClN6O4/c1-15(2)33-22(32)30-10-8-25-14-23(30,3)12-17-11-16(13-24)6-7-18(17)26-20-27-28-21(34-20)29-9-4-5-19(29)31/h6-7,11,15,25H,4-5,8-10,12-14H2,1-3H3,(H,26,27)/t23-/m0/s1. The van der Waals surface area contributed by atoms with Crippen LogP contribution in [0.25, 0.3) is 0 Å². The first-order valence-electron chi connectivity index (χ1n) is 11.6. The van der Waals surface area contributed by atoms with Crippen LogP contribution >= 0.6 is 11.6 Å². The molecule has 184 valence electrons. The van der Waals surface area contributed by atoms with Crippen molar-refractivity contribution < 1.29 is 18.7 Å². The van der Waals surface area contributed by atoms with E-state index in [1.165, 1.54) is 4.90 Å². The molecule has 11 heteroatoms. The zero-order valence-corrected chi connectivity index (χ0v) is 20.5. The summed E-state index contributed by atoms with van der Waals surface area (Å²) in [6.45, 7) is 8.18. The van der Waals surface area contributed by atoms with Crippen LogP contribution in [0.15, 0.2) is 22.6 Å². The average Bonchev–Trinajstić information content (AvgIpc) is 3.43. The highest BCUT2D eigenvalue weighted by molar-refractivity contribution is 6.17. The van der Waals surface area contributed by atoms with E-state index in [2.05, 4.69) is 20.8 Å². The van der Waals surface area contributed by atoms with E-state index in [0.717, 1.165) is 23.2 Å². The van der Waals surface area contributed by atoms with Gasteiger partial charge in [-0.05, 0) is 50.8 Å². The molecule has 0 aliphatic carbocycles. The number of hydrogen-bond donors (Lipinski definition) is 2. The maximum absolute atomic E-state index is 12.8. The van der Waals surface area contributed by atoms with Gasteiger partial charge >= 0.3 is 18.1 Å². The summed E-state index contributed by atoms with van der Waals surface area (Å²) >= 11 is 6.12. The molecule has 0 bridgehead atoms. The monoisotopic (exact) mass is 490 g/mol. The van der Waals surface area contributed by atoms with E-state index in [-0.39, 0.29) is 30.1 Å². The van der Waals surface area contributed by atoms with Gasteiger partial charge in [-0.1, -0.05) is 22.3 Å². The van der Waals surface area contributed by atoms with Crippen molar-refractivity contribution in [3.8, 4) is 0 Å². The zero-order valence-electron chi connectivity index (χ0n) is 19.8. The molecule has 0 saturated carbocycles. The number of nitrogens with one attached hydrogen (secondary N) is 2. The molecule has 1 atom stereocenters. The van der Waals surface area contributed by atoms with Crippen LogP contribution in [0.3, 0.4) is 0 Å². The summed E-state index contributed by atoms with van der Waals surface area (Å²) in [6.07, 6.45) is 1.29. The number of alkyl halides is 1. The molecule has 34 heavy (non-hydrogen) atoms. The Morgan fingerprint density at radius 1 is 1.35 bits per heavy atom. The number of ether oxygens (including phenoxy) is 1. The second-order valence-corrected chi connectivity index (χ2v) is 9.49. The number of benzene rings is 1. The third kappa shape index (κ3) is 5.28. The van der Waals surface area contributed by atoms with Crippen molar-refractivity contribution in [3.63, 3.8) is 0 Å². The summed E-state index contributed by atoms with van der Waals surface area (Å²) in [5.41, 5.74) is 2.15. The maximum atomic E-state index is 12.8. The summed E-state index contributed by atoms with van der Waals surface area (Å²) in [5, 5.41) is 14.7. The molecular weight excluding hydrogens is 460 g/mol. The fourth-order valence-corrected chi connectivity index (χ4v) is 4.56. The van der Waals surface area contributed by atoms with Crippen molar-refractivity contribution in [1.82, 2.24) is 20.4 Å². The highest BCUT2D eigenvalue weighted by Crippen LogP contribution is 2.31. The highest BCUT2D eigenvalue weighted by atomic mass is 35.5. The van der Waals surface area contributed by atoms with E-state index in [9.17, 15) is 9.59 Å². The topological polar surface area (TPSA) is 113 Å². The third-order valence-corrected chi connectivity index (χ3v) is 6.39. The van der Waals surface area contributed by atoms with Crippen molar-refractivity contribution in [2.45, 2.75) is 57.6 Å². The van der Waals surface area contributed by atoms with Gasteiger partial charge in [-0.3, -0.25) is 14.6 Å². The summed E-state index contributed by atoms with van der Waals surface area (Å²) in [4.78, 5) is 28.1. The Morgan fingerprint density at radius 2 is 2.18 bits per heavy atom. The number of carbonyl (C=O) groups is 2. The van der Waals surface area contributed by atoms with E-state index in [1.807, 2.05) is 39.0 Å². The number of aromatic nitrogens is 2. The normalized spacial score (nSPS) is 20.8. The molecule has 1 aromatic carbocycles. The Bertz CT molecular complexity index is 1040. The van der Waals surface area contributed by atoms with Gasteiger partial charge in [-0.25, -0.2) is 4.79 Å². The molecule has 2 N–H and O–H groups in total. The molecule has 0 spiro atoms. The molecule has 0 radical (unpaired) electrons. The number of hydrogen-bond acceptors (Lipinski definition) is 8. The molecular formula is C23H31ClN6O4. The number of amides is 2. The van der Waals surface area contributed by atoms with Gasteiger partial charge in [0.1, 0.15) is 0 Å². The molecule has 2 aromatic rings. The fourth-order valence-electron chi connectivity index (χ4n) is 4.40. The van der Waals surface area contributed by atoms with Crippen molar-refractivity contribution in [2.75, 3.05) is 36.4 Å². The first kappa shape index (κ1) is 24.3. The molecule has 10 nitrogen and oxygen atoms in total. The van der Waals surface area contributed by atoms with E-state index in [1.54, 1.807) is 4.90 Å². The number of piperazine rings is 1. The van der Waals surface area contributed by atoms with Crippen molar-refractivity contribution in [1.29, 1.82) is 0 Å². The molecule has 2 aliphatic rings. The minimum absolute atomic E-state index is 0.0200. The lowest BCUT2D eigenvalue weighted by atomic mass is 9.88. The summed E-state index contributed by atoms with van der Waals surface area (Å²) in [7, 11) is 0. The highest BCUT2D eigenvalue weighted by Gasteiger charge is 2.39. The molecule has 2 amide bonds. The smallest absolute Gasteiger partial charge is 0.410 e. The van der Waals surface area contributed by atoms with Gasteiger partial charge in [0.15, 0.2) is 0 Å². The first-order chi connectivity index (χ1) is 16.3. The Labute approximate surface area is 204 Å². The fraction of sp³-hybridized carbons (Fsp3) is 0.565. The Kier molecular flexibility index (Phi) is 7.27. The summed E-state index contributed by atoms with van der Waals surface area (Å²) in [5.74, 6) is 0.344. The van der Waals surface area contributed by atoms with E-state index < -0.39 is 5.54 Å². The lowest BCUT2D eigenvalue weighted by Gasteiger charge is -2.45. The number of nitrogens with zero attached hydrogens (tertiary/aromatic N) is 4. The number of rotatable bonds is 7. The molecule has 2 aliphatic heterocycles. The first-order valence-corrected chi connectivity index (χ1v) is 12.1. The Balaban J connectivity index is 1.58. The second-order valence-electron chi connectivity index (χ2n) is 9.22. The van der Waals surface area contributed by atoms with Crippen LogP contribution in [0.2, 0.25) is 0 Å². The molecule has 3 heterocycles. The van der Waals surface area contributed by atoms with E-state index >= 15 is 0 Å². The summed E-state index contributed by atoms with van der Waals surface area (Å²) < 4.78 is 11.2. The number of anilines is 3. The van der Waals surface area contributed by atoms with Crippen molar-refractivity contribution >= 4 is 41.3 Å². The molecule has 2 fully saturated rings. The van der Waals surface area contributed by atoms with Gasteiger partial charge in [-0.2, -0.15) is 0 Å². The lowest BCUT2D eigenvalue weighted by molar-refractivity contribution is -0.117. The largest absolute Gasteiger partial charge is 0.447 e. The van der Waals surface area contributed by atoms with Crippen LogP contribution < -0.4 is 15.5 Å². The quantitative estimate of drug-likeness (QED) is 0.567. The minimum Gasteiger partial charge on any atom is -0.447 e. The van der Waals surface area contributed by atoms with Crippen LogP contribution in [0, 0.1) is 0 Å². The van der Waals surface area contributed by atoms with Gasteiger partial charge in [0.25, 0.3) is 0 Å². The third-order valence-electron chi connectivity index (χ3n) is 6.08. The maximum Gasteiger partial charge on any atom is 0.410 e. The molecule has 2 saturated heterocycles. The van der Waals surface area contributed by atoms with Gasteiger partial charge < -0.3 is 19.8 Å². The second kappa shape index (κ2) is 10.2. The number of halogens is 1. The van der Waals surface area contributed by atoms with Crippen LogP contribution in [-0.4, -0.2) is 64.9 Å². The number of carbonyl (C=O) groups excluding carboxylic acids is 2. The predicted molar refractivity (Wildman–Crippen MR) is 128 cm³/mol. The lowest BCUT2D eigenvalue weighted by Crippen LogP contribution is -2.62. The molecule has 4 rings (SSSR count). The molecule has 0 unspecified atom stereocenters. The van der Waals surface area contributed by atoms with Crippen LogP contribution in [0.5, 0.6) is 0 Å². The average molecular weight is 491 g/mol. The van der Waals surface area contributed by atoms with Gasteiger partial charge in [-0.15, -0.1) is 11.6 Å². The van der Waals surface area contributed by atoms with Crippen LogP contribution in [0.1, 0.15) is 44.7 Å². The van der Waals surface area contributed by atoms with E-state index in [4.69, 9.17) is 20.8 Å². The molecule has 1 aromatic heterocycles. The van der Waals surface area contributed by atoms with Crippen LogP contribution in [-0.2, 0) is 21.8 Å². The van der Waals surface area contributed by atoms with Crippen LogP contribution in [0.4, 0.5) is 22.5 Å². The SMILES string of the molecule is CC(C)OC(=O)N1CCNC[C@]1(C)Cc1cc(CCl)ccc1Nc1nnc(N2CCCC2=O)o1. The summed E-state index contributed by atoms with van der Waals surface area (Å²) in [6, 6.07) is 6.23. The van der Waals surface area contributed by atoms with Crippen molar-refractivity contribution in [3.05, 3.63) is 29.3 Å². The Morgan fingerprint density at radius 3 is 2.88 bits per heavy atom.